The predicted molar refractivity (Wildman–Crippen MR) is 78.9 cm³/mol. The Balaban J connectivity index is 2.05. The van der Waals surface area contributed by atoms with E-state index >= 15 is 0 Å². The van der Waals surface area contributed by atoms with Crippen LogP contribution < -0.4 is 0 Å². The van der Waals surface area contributed by atoms with Crippen LogP contribution in [0.1, 0.15) is 32.3 Å². The van der Waals surface area contributed by atoms with Crippen molar-refractivity contribution in [2.75, 3.05) is 6.54 Å². The molecule has 1 unspecified atom stereocenters. The van der Waals surface area contributed by atoms with Crippen molar-refractivity contribution in [3.8, 4) is 0 Å². The van der Waals surface area contributed by atoms with E-state index in [9.17, 15) is 9.90 Å². The van der Waals surface area contributed by atoms with Crippen LogP contribution in [0.5, 0.6) is 0 Å². The van der Waals surface area contributed by atoms with Crippen molar-refractivity contribution in [2.45, 2.75) is 44.8 Å². The van der Waals surface area contributed by atoms with Crippen LogP contribution in [0.15, 0.2) is 28.7 Å². The lowest BCUT2D eigenvalue weighted by atomic mass is 9.96. The van der Waals surface area contributed by atoms with E-state index in [0.717, 1.165) is 29.4 Å². The molecule has 1 aromatic rings. The Bertz CT molecular complexity index is 450. The third-order valence-corrected chi connectivity index (χ3v) is 4.19. The SMILES string of the molecule is CC(C)(O)C1CCCN1C(=O)Cc1ccc(Br)cc1. The lowest BCUT2D eigenvalue weighted by molar-refractivity contribution is -0.135. The highest BCUT2D eigenvalue weighted by Gasteiger charge is 2.38. The molecule has 1 aliphatic heterocycles. The monoisotopic (exact) mass is 325 g/mol. The molecule has 104 valence electrons. The Kier molecular flexibility index (Phi) is 4.31. The number of amides is 1. The fraction of sp³-hybridized carbons (Fsp3) is 0.533. The second kappa shape index (κ2) is 5.63. The first-order chi connectivity index (χ1) is 8.88. The molecule has 1 aliphatic rings. The van der Waals surface area contributed by atoms with Gasteiger partial charge in [0.05, 0.1) is 18.1 Å². The van der Waals surface area contributed by atoms with Crippen LogP contribution in [-0.4, -0.2) is 34.1 Å². The Morgan fingerprint density at radius 3 is 2.63 bits per heavy atom. The molecule has 0 bridgehead atoms. The quantitative estimate of drug-likeness (QED) is 0.928. The maximum Gasteiger partial charge on any atom is 0.227 e. The molecule has 2 rings (SSSR count). The van der Waals surface area contributed by atoms with Gasteiger partial charge in [-0.25, -0.2) is 0 Å². The van der Waals surface area contributed by atoms with Gasteiger partial charge >= 0.3 is 0 Å². The van der Waals surface area contributed by atoms with E-state index in [-0.39, 0.29) is 11.9 Å². The molecule has 19 heavy (non-hydrogen) atoms. The topological polar surface area (TPSA) is 40.5 Å². The molecule has 1 N–H and O–H groups in total. The van der Waals surface area contributed by atoms with Crippen molar-refractivity contribution in [1.82, 2.24) is 4.90 Å². The molecule has 1 atom stereocenters. The van der Waals surface area contributed by atoms with E-state index in [0.29, 0.717) is 6.42 Å². The number of hydrogen-bond donors (Lipinski definition) is 1. The minimum Gasteiger partial charge on any atom is -0.388 e. The van der Waals surface area contributed by atoms with Crippen molar-refractivity contribution in [1.29, 1.82) is 0 Å². The molecule has 1 amide bonds. The summed E-state index contributed by atoms with van der Waals surface area (Å²) in [6, 6.07) is 7.74. The van der Waals surface area contributed by atoms with Gasteiger partial charge in [-0.15, -0.1) is 0 Å². The molecule has 1 aromatic carbocycles. The van der Waals surface area contributed by atoms with Crippen LogP contribution in [0.25, 0.3) is 0 Å². The third-order valence-electron chi connectivity index (χ3n) is 3.66. The summed E-state index contributed by atoms with van der Waals surface area (Å²) in [6.07, 6.45) is 2.26. The highest BCUT2D eigenvalue weighted by molar-refractivity contribution is 9.10. The molecular weight excluding hydrogens is 306 g/mol. The molecule has 1 fully saturated rings. The van der Waals surface area contributed by atoms with Gasteiger partial charge in [0.2, 0.25) is 5.91 Å². The van der Waals surface area contributed by atoms with Crippen molar-refractivity contribution in [2.24, 2.45) is 0 Å². The van der Waals surface area contributed by atoms with E-state index < -0.39 is 5.60 Å². The zero-order valence-corrected chi connectivity index (χ0v) is 13.0. The second-order valence-electron chi connectivity index (χ2n) is 5.70. The Labute approximate surface area is 122 Å². The summed E-state index contributed by atoms with van der Waals surface area (Å²) in [5.41, 5.74) is 0.181. The first kappa shape index (κ1) is 14.5. The minimum absolute atomic E-state index is 0.0598. The summed E-state index contributed by atoms with van der Waals surface area (Å²) in [5.74, 6) is 0.104. The number of likely N-dealkylation sites (tertiary alicyclic amines) is 1. The van der Waals surface area contributed by atoms with Gasteiger partial charge in [0, 0.05) is 11.0 Å². The zero-order valence-electron chi connectivity index (χ0n) is 11.4. The van der Waals surface area contributed by atoms with Gasteiger partial charge in [0.25, 0.3) is 0 Å². The fourth-order valence-electron chi connectivity index (χ4n) is 2.68. The fourth-order valence-corrected chi connectivity index (χ4v) is 2.94. The third kappa shape index (κ3) is 3.57. The van der Waals surface area contributed by atoms with Gasteiger partial charge in [-0.1, -0.05) is 28.1 Å². The van der Waals surface area contributed by atoms with E-state index in [2.05, 4.69) is 15.9 Å². The van der Waals surface area contributed by atoms with Crippen LogP contribution in [0, 0.1) is 0 Å². The number of benzene rings is 1. The number of halogens is 1. The predicted octanol–water partition coefficient (Wildman–Crippen LogP) is 2.75. The smallest absolute Gasteiger partial charge is 0.227 e. The first-order valence-electron chi connectivity index (χ1n) is 6.64. The van der Waals surface area contributed by atoms with Gasteiger partial charge in [0.1, 0.15) is 0 Å². The molecule has 1 saturated heterocycles. The van der Waals surface area contributed by atoms with Gasteiger partial charge in [-0.2, -0.15) is 0 Å². The van der Waals surface area contributed by atoms with Gasteiger partial charge in [0.15, 0.2) is 0 Å². The Morgan fingerprint density at radius 1 is 1.42 bits per heavy atom. The van der Waals surface area contributed by atoms with E-state index in [4.69, 9.17) is 0 Å². The van der Waals surface area contributed by atoms with E-state index in [1.807, 2.05) is 29.2 Å². The van der Waals surface area contributed by atoms with Crippen LogP contribution in [0.3, 0.4) is 0 Å². The maximum absolute atomic E-state index is 12.4. The summed E-state index contributed by atoms with van der Waals surface area (Å²) in [7, 11) is 0. The Morgan fingerprint density at radius 2 is 2.05 bits per heavy atom. The molecule has 0 saturated carbocycles. The van der Waals surface area contributed by atoms with Crippen molar-refractivity contribution in [3.63, 3.8) is 0 Å². The van der Waals surface area contributed by atoms with Crippen molar-refractivity contribution >= 4 is 21.8 Å². The highest BCUT2D eigenvalue weighted by atomic mass is 79.9. The first-order valence-corrected chi connectivity index (χ1v) is 7.43. The maximum atomic E-state index is 12.4. The van der Waals surface area contributed by atoms with Crippen LogP contribution >= 0.6 is 15.9 Å². The van der Waals surface area contributed by atoms with Gasteiger partial charge < -0.3 is 10.0 Å². The Hall–Kier alpha value is -0.870. The normalized spacial score (nSPS) is 19.8. The highest BCUT2D eigenvalue weighted by Crippen LogP contribution is 2.27. The average molecular weight is 326 g/mol. The summed E-state index contributed by atoms with van der Waals surface area (Å²) in [5, 5.41) is 10.1. The summed E-state index contributed by atoms with van der Waals surface area (Å²) in [6.45, 7) is 4.32. The molecule has 0 aliphatic carbocycles. The molecule has 4 heteroatoms. The number of carbonyl (C=O) groups excluding carboxylic acids is 1. The molecule has 0 aromatic heterocycles. The minimum atomic E-state index is -0.828. The number of rotatable bonds is 3. The standard InChI is InChI=1S/C15H20BrNO2/c1-15(2,19)13-4-3-9-17(13)14(18)10-11-5-7-12(16)8-6-11/h5-8,13,19H,3-4,9-10H2,1-2H3. The molecular formula is C15H20BrNO2. The van der Waals surface area contributed by atoms with Crippen molar-refractivity contribution in [3.05, 3.63) is 34.3 Å². The van der Waals surface area contributed by atoms with Crippen LogP contribution in [-0.2, 0) is 11.2 Å². The zero-order chi connectivity index (χ0) is 14.0. The van der Waals surface area contributed by atoms with E-state index in [1.54, 1.807) is 13.8 Å². The summed E-state index contributed by atoms with van der Waals surface area (Å²) >= 11 is 3.39. The molecule has 0 radical (unpaired) electrons. The second-order valence-corrected chi connectivity index (χ2v) is 6.62. The van der Waals surface area contributed by atoms with Gasteiger partial charge in [-0.05, 0) is 44.4 Å². The largest absolute Gasteiger partial charge is 0.388 e. The number of aliphatic hydroxyl groups is 1. The number of nitrogens with zero attached hydrogens (tertiary/aromatic N) is 1. The summed E-state index contributed by atoms with van der Waals surface area (Å²) < 4.78 is 1.01. The van der Waals surface area contributed by atoms with E-state index in [1.165, 1.54) is 0 Å². The van der Waals surface area contributed by atoms with Crippen molar-refractivity contribution < 1.29 is 9.90 Å². The lowest BCUT2D eigenvalue weighted by Crippen LogP contribution is -2.48. The number of hydrogen-bond acceptors (Lipinski definition) is 2. The lowest BCUT2D eigenvalue weighted by Gasteiger charge is -2.33. The molecule has 0 spiro atoms. The molecule has 1 heterocycles. The van der Waals surface area contributed by atoms with Gasteiger partial charge in [-0.3, -0.25) is 4.79 Å². The molecule has 3 nitrogen and oxygen atoms in total. The van der Waals surface area contributed by atoms with Crippen LogP contribution in [0.2, 0.25) is 0 Å². The van der Waals surface area contributed by atoms with Crippen LogP contribution in [0.4, 0.5) is 0 Å². The average Bonchev–Trinajstić information content (AvgIpc) is 2.81. The summed E-state index contributed by atoms with van der Waals surface area (Å²) in [4.78, 5) is 14.2. The number of carbonyl (C=O) groups is 1.